The molecule has 0 saturated carbocycles. The first-order valence-electron chi connectivity index (χ1n) is 6.59. The molecule has 1 aliphatic heterocycles. The average molecular weight is 324 g/mol. The van der Waals surface area contributed by atoms with Gasteiger partial charge in [0.05, 0.1) is 0 Å². The SMILES string of the molecule is CC1CN(C)CCCN1c1nc(Br)cn2ccnc12. The van der Waals surface area contributed by atoms with E-state index >= 15 is 0 Å². The van der Waals surface area contributed by atoms with Gasteiger partial charge in [0.2, 0.25) is 0 Å². The molecule has 6 heteroatoms. The number of aromatic nitrogens is 3. The molecule has 1 unspecified atom stereocenters. The fourth-order valence-electron chi connectivity index (χ4n) is 2.76. The van der Waals surface area contributed by atoms with Crippen molar-refractivity contribution < 1.29 is 0 Å². The van der Waals surface area contributed by atoms with Crippen LogP contribution in [0.2, 0.25) is 0 Å². The van der Waals surface area contributed by atoms with Crippen LogP contribution in [0.15, 0.2) is 23.2 Å². The number of rotatable bonds is 1. The smallest absolute Gasteiger partial charge is 0.180 e. The Balaban J connectivity index is 2.04. The van der Waals surface area contributed by atoms with Crippen LogP contribution in [-0.2, 0) is 0 Å². The summed E-state index contributed by atoms with van der Waals surface area (Å²) in [5, 5.41) is 0. The summed E-state index contributed by atoms with van der Waals surface area (Å²) in [6.07, 6.45) is 6.88. The van der Waals surface area contributed by atoms with Gasteiger partial charge in [-0.1, -0.05) is 0 Å². The predicted molar refractivity (Wildman–Crippen MR) is 79.6 cm³/mol. The second-order valence-corrected chi connectivity index (χ2v) is 6.02. The van der Waals surface area contributed by atoms with Gasteiger partial charge < -0.3 is 14.2 Å². The molecule has 1 atom stereocenters. The number of anilines is 1. The quantitative estimate of drug-likeness (QED) is 0.804. The lowest BCUT2D eigenvalue weighted by atomic mass is 10.2. The molecule has 1 saturated heterocycles. The van der Waals surface area contributed by atoms with E-state index < -0.39 is 0 Å². The van der Waals surface area contributed by atoms with E-state index in [-0.39, 0.29) is 0 Å². The maximum Gasteiger partial charge on any atom is 0.180 e. The second-order valence-electron chi connectivity index (χ2n) is 5.20. The molecular formula is C13H18BrN5. The molecule has 1 fully saturated rings. The molecule has 0 amide bonds. The lowest BCUT2D eigenvalue weighted by molar-refractivity contribution is 0.337. The van der Waals surface area contributed by atoms with Gasteiger partial charge in [0.25, 0.3) is 0 Å². The van der Waals surface area contributed by atoms with Gasteiger partial charge in [0, 0.05) is 37.7 Å². The van der Waals surface area contributed by atoms with E-state index in [2.05, 4.69) is 49.7 Å². The Morgan fingerprint density at radius 1 is 1.37 bits per heavy atom. The van der Waals surface area contributed by atoms with Gasteiger partial charge in [0.1, 0.15) is 4.60 Å². The number of imidazole rings is 1. The highest BCUT2D eigenvalue weighted by molar-refractivity contribution is 9.10. The van der Waals surface area contributed by atoms with Crippen LogP contribution in [0.3, 0.4) is 0 Å². The Morgan fingerprint density at radius 2 is 2.21 bits per heavy atom. The Kier molecular flexibility index (Phi) is 3.45. The zero-order valence-electron chi connectivity index (χ0n) is 11.3. The molecule has 3 rings (SSSR count). The molecule has 0 aromatic carbocycles. The molecule has 0 spiro atoms. The summed E-state index contributed by atoms with van der Waals surface area (Å²) in [6, 6.07) is 0.440. The Bertz CT molecular complexity index is 581. The van der Waals surface area contributed by atoms with Crippen LogP contribution in [0.1, 0.15) is 13.3 Å². The molecule has 3 heterocycles. The van der Waals surface area contributed by atoms with Gasteiger partial charge in [-0.3, -0.25) is 0 Å². The third kappa shape index (κ3) is 2.47. The third-order valence-corrected chi connectivity index (χ3v) is 4.03. The number of hydrogen-bond donors (Lipinski definition) is 0. The topological polar surface area (TPSA) is 36.7 Å². The molecule has 19 heavy (non-hydrogen) atoms. The largest absolute Gasteiger partial charge is 0.349 e. The van der Waals surface area contributed by atoms with Crippen molar-refractivity contribution in [3.05, 3.63) is 23.2 Å². The first-order valence-corrected chi connectivity index (χ1v) is 7.39. The molecule has 0 N–H and O–H groups in total. The Labute approximate surface area is 121 Å². The zero-order chi connectivity index (χ0) is 13.4. The molecule has 2 aromatic rings. The molecule has 5 nitrogen and oxygen atoms in total. The zero-order valence-corrected chi connectivity index (χ0v) is 12.8. The first kappa shape index (κ1) is 12.9. The highest BCUT2D eigenvalue weighted by Crippen LogP contribution is 2.24. The lowest BCUT2D eigenvalue weighted by Gasteiger charge is -2.29. The average Bonchev–Trinajstić information content (AvgIpc) is 2.74. The maximum absolute atomic E-state index is 4.66. The Hall–Kier alpha value is -1.14. The van der Waals surface area contributed by atoms with Crippen molar-refractivity contribution in [2.75, 3.05) is 31.6 Å². The van der Waals surface area contributed by atoms with E-state index in [1.165, 1.54) is 0 Å². The number of fused-ring (bicyclic) bond motifs is 1. The van der Waals surface area contributed by atoms with Crippen LogP contribution in [0.4, 0.5) is 5.82 Å². The van der Waals surface area contributed by atoms with Crippen molar-refractivity contribution in [2.45, 2.75) is 19.4 Å². The summed E-state index contributed by atoms with van der Waals surface area (Å²) >= 11 is 3.49. The fourth-order valence-corrected chi connectivity index (χ4v) is 3.15. The van der Waals surface area contributed by atoms with Crippen molar-refractivity contribution in [1.29, 1.82) is 0 Å². The molecule has 0 bridgehead atoms. The van der Waals surface area contributed by atoms with E-state index in [0.717, 1.165) is 42.1 Å². The maximum atomic E-state index is 4.66. The van der Waals surface area contributed by atoms with Gasteiger partial charge in [-0.05, 0) is 42.9 Å². The Morgan fingerprint density at radius 3 is 3.05 bits per heavy atom. The van der Waals surface area contributed by atoms with Crippen LogP contribution in [0.5, 0.6) is 0 Å². The van der Waals surface area contributed by atoms with E-state index in [1.807, 2.05) is 23.0 Å². The van der Waals surface area contributed by atoms with E-state index in [9.17, 15) is 0 Å². The van der Waals surface area contributed by atoms with Crippen LogP contribution < -0.4 is 4.90 Å². The van der Waals surface area contributed by atoms with E-state index in [4.69, 9.17) is 0 Å². The summed E-state index contributed by atoms with van der Waals surface area (Å²) in [6.45, 7) is 5.47. The predicted octanol–water partition coefficient (Wildman–Crippen LogP) is 2.02. The first-order chi connectivity index (χ1) is 9.15. The summed E-state index contributed by atoms with van der Waals surface area (Å²) in [5.74, 6) is 0.974. The van der Waals surface area contributed by atoms with Crippen LogP contribution in [-0.4, -0.2) is 52.0 Å². The minimum Gasteiger partial charge on any atom is -0.349 e. The van der Waals surface area contributed by atoms with Crippen molar-refractivity contribution in [2.24, 2.45) is 0 Å². The van der Waals surface area contributed by atoms with Crippen LogP contribution >= 0.6 is 15.9 Å². The molecule has 2 aromatic heterocycles. The van der Waals surface area contributed by atoms with Crippen molar-refractivity contribution >= 4 is 27.4 Å². The normalized spacial score (nSPS) is 21.8. The second kappa shape index (κ2) is 5.09. The summed E-state index contributed by atoms with van der Waals surface area (Å²) in [7, 11) is 2.18. The highest BCUT2D eigenvalue weighted by Gasteiger charge is 2.23. The third-order valence-electron chi connectivity index (χ3n) is 3.65. The highest BCUT2D eigenvalue weighted by atomic mass is 79.9. The number of likely N-dealkylation sites (N-methyl/N-ethyl adjacent to an activating group) is 1. The molecule has 1 aliphatic rings. The van der Waals surface area contributed by atoms with Gasteiger partial charge in [-0.25, -0.2) is 9.97 Å². The van der Waals surface area contributed by atoms with Gasteiger partial charge in [0.15, 0.2) is 11.5 Å². The number of halogens is 1. The summed E-state index contributed by atoms with van der Waals surface area (Å²) in [4.78, 5) is 13.9. The molecular weight excluding hydrogens is 306 g/mol. The molecule has 0 aliphatic carbocycles. The van der Waals surface area contributed by atoms with Gasteiger partial charge >= 0.3 is 0 Å². The summed E-state index contributed by atoms with van der Waals surface area (Å²) < 4.78 is 2.87. The van der Waals surface area contributed by atoms with Crippen molar-refractivity contribution in [3.63, 3.8) is 0 Å². The fraction of sp³-hybridized carbons (Fsp3) is 0.538. The molecule has 0 radical (unpaired) electrons. The van der Waals surface area contributed by atoms with E-state index in [0.29, 0.717) is 6.04 Å². The van der Waals surface area contributed by atoms with Gasteiger partial charge in [-0.2, -0.15) is 0 Å². The minimum atomic E-state index is 0.440. The van der Waals surface area contributed by atoms with E-state index in [1.54, 1.807) is 0 Å². The van der Waals surface area contributed by atoms with Crippen molar-refractivity contribution in [3.8, 4) is 0 Å². The lowest BCUT2D eigenvalue weighted by Crippen LogP contribution is -2.38. The van der Waals surface area contributed by atoms with Gasteiger partial charge in [-0.15, -0.1) is 0 Å². The number of hydrogen-bond acceptors (Lipinski definition) is 4. The van der Waals surface area contributed by atoms with Crippen LogP contribution in [0, 0.1) is 0 Å². The van der Waals surface area contributed by atoms with Crippen LogP contribution in [0.25, 0.3) is 5.65 Å². The minimum absolute atomic E-state index is 0.440. The molecule has 102 valence electrons. The number of nitrogens with zero attached hydrogens (tertiary/aromatic N) is 5. The van der Waals surface area contributed by atoms with Crippen molar-refractivity contribution in [1.82, 2.24) is 19.3 Å². The summed E-state index contributed by atoms with van der Waals surface area (Å²) in [5.41, 5.74) is 0.930. The monoisotopic (exact) mass is 323 g/mol. The standard InChI is InChI=1S/C13H18BrN5/c1-10-8-17(2)5-3-6-19(10)13-12-15-4-7-18(12)9-11(14)16-13/h4,7,9-10H,3,5-6,8H2,1-2H3.